The molecule has 0 spiro atoms. The van der Waals surface area contributed by atoms with Crippen LogP contribution < -0.4 is 0 Å². The molecule has 4 aliphatic rings. The lowest BCUT2D eigenvalue weighted by atomic mass is 9.40. The molecular formula is C28H45O6Si. The van der Waals surface area contributed by atoms with Gasteiger partial charge in [0.15, 0.2) is 5.60 Å². The molecule has 4 rings (SSSR count). The van der Waals surface area contributed by atoms with Crippen molar-refractivity contribution < 1.29 is 28.2 Å². The summed E-state index contributed by atoms with van der Waals surface area (Å²) in [4.78, 5) is 27.3. The maximum absolute atomic E-state index is 14.7. The van der Waals surface area contributed by atoms with Crippen LogP contribution in [0.15, 0.2) is 11.1 Å². The van der Waals surface area contributed by atoms with Crippen LogP contribution in [-0.4, -0.2) is 52.0 Å². The van der Waals surface area contributed by atoms with Crippen LogP contribution in [0.25, 0.3) is 0 Å². The summed E-state index contributed by atoms with van der Waals surface area (Å²) in [5.74, 6) is 0.0878. The van der Waals surface area contributed by atoms with Crippen LogP contribution in [0.1, 0.15) is 68.2 Å². The summed E-state index contributed by atoms with van der Waals surface area (Å²) in [6.45, 7) is 22.4. The zero-order valence-corrected chi connectivity index (χ0v) is 24.5. The van der Waals surface area contributed by atoms with Crippen LogP contribution in [-0.2, 0) is 23.4 Å². The molecule has 1 aliphatic heterocycles. The molecule has 35 heavy (non-hydrogen) atoms. The molecular weight excluding hydrogens is 460 g/mol. The van der Waals surface area contributed by atoms with Gasteiger partial charge >= 0.3 is 6.16 Å². The van der Waals surface area contributed by atoms with Crippen molar-refractivity contribution in [3.63, 3.8) is 0 Å². The van der Waals surface area contributed by atoms with Gasteiger partial charge in [-0.2, -0.15) is 0 Å². The molecule has 1 saturated heterocycles. The number of allylic oxidation sites excluding steroid dienone is 1. The van der Waals surface area contributed by atoms with Gasteiger partial charge in [-0.1, -0.05) is 59.6 Å². The molecule has 7 heteroatoms. The van der Waals surface area contributed by atoms with E-state index in [0.29, 0.717) is 12.3 Å². The first kappa shape index (κ1) is 26.9. The molecule has 2 saturated carbocycles. The molecule has 0 aromatic rings. The third-order valence-electron chi connectivity index (χ3n) is 10.7. The van der Waals surface area contributed by atoms with Gasteiger partial charge in [0.2, 0.25) is 9.04 Å². The molecule has 0 N–H and O–H groups in total. The highest BCUT2D eigenvalue weighted by Gasteiger charge is 2.75. The van der Waals surface area contributed by atoms with Crippen molar-refractivity contribution in [2.75, 3.05) is 13.7 Å². The second-order valence-corrected chi connectivity index (χ2v) is 14.8. The highest BCUT2D eigenvalue weighted by atomic mass is 28.3. The topological polar surface area (TPSA) is 71.1 Å². The van der Waals surface area contributed by atoms with E-state index in [1.807, 2.05) is 0 Å². The quantitative estimate of drug-likeness (QED) is 0.274. The fraction of sp³-hybridized carbons (Fsp3) is 0.857. The lowest BCUT2D eigenvalue weighted by Gasteiger charge is -2.69. The van der Waals surface area contributed by atoms with E-state index in [0.717, 1.165) is 6.42 Å². The minimum atomic E-state index is -1.09. The van der Waals surface area contributed by atoms with Crippen LogP contribution in [0.3, 0.4) is 0 Å². The third-order valence-corrected chi connectivity index (χ3v) is 11.5. The van der Waals surface area contributed by atoms with Crippen molar-refractivity contribution in [3.05, 3.63) is 11.1 Å². The number of ketones is 1. The van der Waals surface area contributed by atoms with Gasteiger partial charge in [0.05, 0.1) is 19.3 Å². The molecule has 6 nitrogen and oxygen atoms in total. The van der Waals surface area contributed by atoms with Gasteiger partial charge in [0, 0.05) is 22.7 Å². The first-order valence-corrected chi connectivity index (χ1v) is 15.7. The molecule has 3 fully saturated rings. The summed E-state index contributed by atoms with van der Waals surface area (Å²) in [5, 5.41) is 0. The van der Waals surface area contributed by atoms with E-state index in [2.05, 4.69) is 68.5 Å². The summed E-state index contributed by atoms with van der Waals surface area (Å²) in [6, 6.07) is 0. The highest BCUT2D eigenvalue weighted by Crippen LogP contribution is 2.68. The van der Waals surface area contributed by atoms with E-state index in [4.69, 9.17) is 18.6 Å². The zero-order chi connectivity index (χ0) is 26.3. The van der Waals surface area contributed by atoms with E-state index in [1.165, 1.54) is 18.3 Å². The fourth-order valence-corrected chi connectivity index (χ4v) is 10.2. The molecule has 197 valence electrons. The standard InChI is InChI=1S/C28H45O6Si/c1-15-13-28(34-35(10)11)19(5)22-26(8,23(29)18(4)21(17(15)3)25(28,6)7)16(2)12-20-27(22,14-32-20)33-24(30)31-9/h15-16,18-20,22H,12-14H2,1-11H3. The van der Waals surface area contributed by atoms with Gasteiger partial charge < -0.3 is 18.6 Å². The Morgan fingerprint density at radius 3 is 2.26 bits per heavy atom. The minimum Gasteiger partial charge on any atom is -0.438 e. The Labute approximate surface area is 213 Å². The average Bonchev–Trinajstić information content (AvgIpc) is 2.76. The first-order chi connectivity index (χ1) is 16.1. The van der Waals surface area contributed by atoms with Gasteiger partial charge in [0.1, 0.15) is 11.9 Å². The summed E-state index contributed by atoms with van der Waals surface area (Å²) in [7, 11) is 0.245. The van der Waals surface area contributed by atoms with Crippen LogP contribution in [0.5, 0.6) is 0 Å². The zero-order valence-electron chi connectivity index (χ0n) is 23.5. The largest absolute Gasteiger partial charge is 0.508 e. The predicted molar refractivity (Wildman–Crippen MR) is 136 cm³/mol. The van der Waals surface area contributed by atoms with Crippen molar-refractivity contribution in [1.82, 2.24) is 0 Å². The van der Waals surface area contributed by atoms with Crippen molar-refractivity contribution in [2.45, 2.75) is 98.6 Å². The van der Waals surface area contributed by atoms with Crippen molar-refractivity contribution in [3.8, 4) is 0 Å². The molecule has 3 aliphatic carbocycles. The Morgan fingerprint density at radius 2 is 1.74 bits per heavy atom. The number of methoxy groups -OCH3 is 1. The SMILES string of the molecule is COC(=O)OC12COC1CC(C)C1(C)C(=O)C(C)C3=C(C)C(C)CC(O[Si](C)C)(C(C)C21)C3(C)C. The van der Waals surface area contributed by atoms with Crippen molar-refractivity contribution >= 4 is 21.0 Å². The Balaban J connectivity index is 2.05. The number of hydrogen-bond acceptors (Lipinski definition) is 6. The summed E-state index contributed by atoms with van der Waals surface area (Å²) >= 11 is 0. The van der Waals surface area contributed by atoms with E-state index in [-0.39, 0.29) is 47.6 Å². The van der Waals surface area contributed by atoms with Gasteiger partial charge in [-0.15, -0.1) is 0 Å². The summed E-state index contributed by atoms with van der Waals surface area (Å²) < 4.78 is 24.4. The van der Waals surface area contributed by atoms with Gasteiger partial charge in [-0.25, -0.2) is 4.79 Å². The summed E-state index contributed by atoms with van der Waals surface area (Å²) in [6.07, 6.45) is 0.611. The lowest BCUT2D eigenvalue weighted by Crippen LogP contribution is -2.78. The molecule has 1 radical (unpaired) electrons. The first-order valence-electron chi connectivity index (χ1n) is 13.2. The number of carbonyl (C=O) groups excluding carboxylic acids is 2. The van der Waals surface area contributed by atoms with E-state index in [9.17, 15) is 9.59 Å². The molecule has 0 amide bonds. The van der Waals surface area contributed by atoms with Crippen LogP contribution in [0.2, 0.25) is 13.1 Å². The molecule has 9 atom stereocenters. The van der Waals surface area contributed by atoms with Crippen LogP contribution >= 0.6 is 0 Å². The number of hydrogen-bond donors (Lipinski definition) is 0. The Kier molecular flexibility index (Phi) is 6.46. The Bertz CT molecular complexity index is 942. The normalized spacial score (nSPS) is 46.7. The van der Waals surface area contributed by atoms with E-state index in [1.54, 1.807) is 0 Å². The molecule has 9 unspecified atom stereocenters. The number of ether oxygens (including phenoxy) is 3. The van der Waals surface area contributed by atoms with E-state index < -0.39 is 31.8 Å². The molecule has 0 aromatic carbocycles. The number of Topliss-reactive ketones (excluding diaryl/α,β-unsaturated/α-hetero) is 1. The smallest absolute Gasteiger partial charge is 0.438 e. The Morgan fingerprint density at radius 1 is 1.11 bits per heavy atom. The molecule has 2 bridgehead atoms. The maximum atomic E-state index is 14.7. The number of rotatable bonds is 3. The van der Waals surface area contributed by atoms with Gasteiger partial charge in [-0.3, -0.25) is 4.79 Å². The monoisotopic (exact) mass is 505 g/mol. The lowest BCUT2D eigenvalue weighted by molar-refractivity contribution is -0.327. The summed E-state index contributed by atoms with van der Waals surface area (Å²) in [5.41, 5.74) is 0.134. The third kappa shape index (κ3) is 3.32. The predicted octanol–water partition coefficient (Wildman–Crippen LogP) is 5.81. The number of carbonyl (C=O) groups is 2. The highest BCUT2D eigenvalue weighted by molar-refractivity contribution is 6.48. The Hall–Kier alpha value is -1.18. The van der Waals surface area contributed by atoms with Crippen LogP contribution in [0.4, 0.5) is 4.79 Å². The second-order valence-electron chi connectivity index (χ2n) is 12.8. The number of fused-ring (bicyclic) bond motifs is 5. The molecule has 0 aromatic heterocycles. The second kappa shape index (κ2) is 8.42. The van der Waals surface area contributed by atoms with Gasteiger partial charge in [0.25, 0.3) is 0 Å². The fourth-order valence-electron chi connectivity index (χ4n) is 8.98. The average molecular weight is 506 g/mol. The van der Waals surface area contributed by atoms with E-state index >= 15 is 0 Å². The maximum Gasteiger partial charge on any atom is 0.508 e. The molecule has 1 heterocycles. The van der Waals surface area contributed by atoms with Crippen molar-refractivity contribution in [1.29, 1.82) is 0 Å². The van der Waals surface area contributed by atoms with Gasteiger partial charge in [-0.05, 0) is 50.6 Å². The van der Waals surface area contributed by atoms with Crippen molar-refractivity contribution in [2.24, 2.45) is 40.4 Å². The van der Waals surface area contributed by atoms with Crippen LogP contribution in [0, 0.1) is 40.4 Å². The minimum absolute atomic E-state index is 0.0526.